The van der Waals surface area contributed by atoms with Gasteiger partial charge in [0.05, 0.1) is 17.1 Å². The summed E-state index contributed by atoms with van der Waals surface area (Å²) in [6.45, 7) is 4.24. The highest BCUT2D eigenvalue weighted by atomic mass is 32.1. The van der Waals surface area contributed by atoms with Crippen molar-refractivity contribution in [3.8, 4) is 10.8 Å². The molecule has 1 aliphatic heterocycles. The molecule has 3 heterocycles. The van der Waals surface area contributed by atoms with Crippen LogP contribution in [0.2, 0.25) is 0 Å². The SMILES string of the molecule is CC(C)C1=NOC(C(=O)NCc2noc(-c3cccs3)n2)C1. The number of amides is 1. The largest absolute Gasteiger partial charge is 0.382 e. The number of hydrogen-bond acceptors (Lipinski definition) is 7. The van der Waals surface area contributed by atoms with Crippen LogP contribution in [0.1, 0.15) is 26.1 Å². The molecule has 1 amide bonds. The standard InChI is InChI=1S/C14H16N4O3S/c1-8(2)9-6-10(20-17-9)13(19)15-7-12-16-14(21-18-12)11-4-3-5-22-11/h3-5,8,10H,6-7H2,1-2H3,(H,15,19). The van der Waals surface area contributed by atoms with Crippen molar-refractivity contribution in [3.63, 3.8) is 0 Å². The van der Waals surface area contributed by atoms with E-state index in [4.69, 9.17) is 9.36 Å². The second-order valence-corrected chi connectivity index (χ2v) is 6.19. The molecule has 0 fully saturated rings. The Bertz CT molecular complexity index is 678. The zero-order valence-electron chi connectivity index (χ0n) is 12.3. The summed E-state index contributed by atoms with van der Waals surface area (Å²) in [5.74, 6) is 0.951. The van der Waals surface area contributed by atoms with Crippen LogP contribution in [-0.2, 0) is 16.2 Å². The number of aromatic nitrogens is 2. The van der Waals surface area contributed by atoms with E-state index in [-0.39, 0.29) is 18.4 Å². The van der Waals surface area contributed by atoms with Gasteiger partial charge >= 0.3 is 0 Å². The summed E-state index contributed by atoms with van der Waals surface area (Å²) < 4.78 is 5.16. The Labute approximate surface area is 131 Å². The van der Waals surface area contributed by atoms with Gasteiger partial charge in [-0.3, -0.25) is 4.79 Å². The van der Waals surface area contributed by atoms with Crippen LogP contribution in [0.4, 0.5) is 0 Å². The molecule has 8 heteroatoms. The minimum absolute atomic E-state index is 0.199. The van der Waals surface area contributed by atoms with Crippen LogP contribution < -0.4 is 5.32 Å². The smallest absolute Gasteiger partial charge is 0.268 e. The van der Waals surface area contributed by atoms with Crippen LogP contribution in [0.5, 0.6) is 0 Å². The summed E-state index contributed by atoms with van der Waals surface area (Å²) in [4.78, 5) is 22.3. The second-order valence-electron chi connectivity index (χ2n) is 5.25. The number of carbonyl (C=O) groups is 1. The third kappa shape index (κ3) is 3.16. The van der Waals surface area contributed by atoms with Gasteiger partial charge in [-0.05, 0) is 17.4 Å². The first-order valence-corrected chi connectivity index (χ1v) is 7.88. The van der Waals surface area contributed by atoms with E-state index in [0.717, 1.165) is 10.6 Å². The van der Waals surface area contributed by atoms with Gasteiger partial charge in [0.25, 0.3) is 11.8 Å². The van der Waals surface area contributed by atoms with Crippen molar-refractivity contribution in [1.29, 1.82) is 0 Å². The van der Waals surface area contributed by atoms with Crippen LogP contribution in [-0.4, -0.2) is 27.9 Å². The van der Waals surface area contributed by atoms with E-state index in [0.29, 0.717) is 18.1 Å². The Morgan fingerprint density at radius 1 is 1.55 bits per heavy atom. The van der Waals surface area contributed by atoms with Gasteiger partial charge < -0.3 is 14.7 Å². The van der Waals surface area contributed by atoms with Crippen LogP contribution in [0.25, 0.3) is 10.8 Å². The minimum atomic E-state index is -0.568. The van der Waals surface area contributed by atoms with E-state index < -0.39 is 6.10 Å². The van der Waals surface area contributed by atoms with Gasteiger partial charge in [0.1, 0.15) is 0 Å². The molecule has 0 saturated carbocycles. The molecule has 0 radical (unpaired) electrons. The van der Waals surface area contributed by atoms with Gasteiger partial charge in [0.15, 0.2) is 5.82 Å². The van der Waals surface area contributed by atoms with Gasteiger partial charge in [-0.15, -0.1) is 11.3 Å². The second kappa shape index (κ2) is 6.27. The van der Waals surface area contributed by atoms with Crippen LogP contribution in [0, 0.1) is 5.92 Å². The van der Waals surface area contributed by atoms with Crippen LogP contribution in [0.3, 0.4) is 0 Å². The molecule has 22 heavy (non-hydrogen) atoms. The maximum absolute atomic E-state index is 12.0. The molecule has 2 aromatic heterocycles. The summed E-state index contributed by atoms with van der Waals surface area (Å²) in [6, 6.07) is 3.81. The van der Waals surface area contributed by atoms with E-state index in [1.807, 2.05) is 31.4 Å². The van der Waals surface area contributed by atoms with E-state index in [1.165, 1.54) is 11.3 Å². The van der Waals surface area contributed by atoms with Gasteiger partial charge in [0, 0.05) is 6.42 Å². The summed E-state index contributed by atoms with van der Waals surface area (Å²) in [6.07, 6.45) is -0.0445. The molecule has 0 saturated heterocycles. The van der Waals surface area contributed by atoms with Crippen molar-refractivity contribution >= 4 is 23.0 Å². The molecule has 7 nitrogen and oxygen atoms in total. The van der Waals surface area contributed by atoms with Crippen LogP contribution in [0.15, 0.2) is 27.2 Å². The quantitative estimate of drug-likeness (QED) is 0.912. The normalized spacial score (nSPS) is 17.4. The Morgan fingerprint density at radius 3 is 3.09 bits per heavy atom. The number of carbonyl (C=O) groups excluding carboxylic acids is 1. The third-order valence-corrected chi connectivity index (χ3v) is 4.13. The van der Waals surface area contributed by atoms with Crippen molar-refractivity contribution in [1.82, 2.24) is 15.5 Å². The fourth-order valence-electron chi connectivity index (χ4n) is 1.98. The number of oxime groups is 1. The van der Waals surface area contributed by atoms with E-state index in [9.17, 15) is 4.79 Å². The summed E-state index contributed by atoms with van der Waals surface area (Å²) in [5, 5.41) is 12.5. The van der Waals surface area contributed by atoms with Crippen molar-refractivity contribution in [2.45, 2.75) is 32.9 Å². The topological polar surface area (TPSA) is 89.6 Å². The molecular weight excluding hydrogens is 304 g/mol. The Hall–Kier alpha value is -2.22. The fourth-order valence-corrected chi connectivity index (χ4v) is 2.63. The van der Waals surface area contributed by atoms with Crippen molar-refractivity contribution < 1.29 is 14.2 Å². The number of hydrogen-bond donors (Lipinski definition) is 1. The lowest BCUT2D eigenvalue weighted by Crippen LogP contribution is -2.34. The van der Waals surface area contributed by atoms with Gasteiger partial charge in [-0.25, -0.2) is 0 Å². The van der Waals surface area contributed by atoms with E-state index in [2.05, 4.69) is 20.6 Å². The number of rotatable bonds is 5. The predicted molar refractivity (Wildman–Crippen MR) is 81.2 cm³/mol. The van der Waals surface area contributed by atoms with Gasteiger partial charge in [0.2, 0.25) is 6.10 Å². The zero-order chi connectivity index (χ0) is 15.5. The highest BCUT2D eigenvalue weighted by molar-refractivity contribution is 7.13. The number of thiophene rings is 1. The minimum Gasteiger partial charge on any atom is -0.382 e. The monoisotopic (exact) mass is 320 g/mol. The van der Waals surface area contributed by atoms with E-state index >= 15 is 0 Å². The molecule has 1 unspecified atom stereocenters. The highest BCUT2D eigenvalue weighted by Crippen LogP contribution is 2.22. The lowest BCUT2D eigenvalue weighted by molar-refractivity contribution is -0.131. The first-order chi connectivity index (χ1) is 10.6. The van der Waals surface area contributed by atoms with Crippen molar-refractivity contribution in [2.75, 3.05) is 0 Å². The Kier molecular flexibility index (Phi) is 4.19. The molecule has 0 aliphatic carbocycles. The maximum atomic E-state index is 12.0. The molecule has 1 N–H and O–H groups in total. The summed E-state index contributed by atoms with van der Waals surface area (Å²) in [7, 11) is 0. The lowest BCUT2D eigenvalue weighted by Gasteiger charge is -2.08. The fraction of sp³-hybridized carbons (Fsp3) is 0.429. The Balaban J connectivity index is 1.52. The zero-order valence-corrected chi connectivity index (χ0v) is 13.1. The molecule has 2 aromatic rings. The molecule has 0 aromatic carbocycles. The number of nitrogens with one attached hydrogen (secondary N) is 1. The first kappa shape index (κ1) is 14.7. The summed E-state index contributed by atoms with van der Waals surface area (Å²) >= 11 is 1.52. The molecule has 1 atom stereocenters. The predicted octanol–water partition coefficient (Wildman–Crippen LogP) is 2.22. The molecule has 0 spiro atoms. The number of nitrogens with zero attached hydrogens (tertiary/aromatic N) is 3. The van der Waals surface area contributed by atoms with Gasteiger partial charge in [-0.2, -0.15) is 4.98 Å². The van der Waals surface area contributed by atoms with Crippen molar-refractivity contribution in [2.24, 2.45) is 11.1 Å². The van der Waals surface area contributed by atoms with E-state index in [1.54, 1.807) is 0 Å². The highest BCUT2D eigenvalue weighted by Gasteiger charge is 2.29. The Morgan fingerprint density at radius 2 is 2.41 bits per heavy atom. The maximum Gasteiger partial charge on any atom is 0.268 e. The molecular formula is C14H16N4O3S. The molecule has 116 valence electrons. The molecule has 0 bridgehead atoms. The average Bonchev–Trinajstić information content (AvgIpc) is 3.23. The summed E-state index contributed by atoms with van der Waals surface area (Å²) in [5.41, 5.74) is 0.902. The first-order valence-electron chi connectivity index (χ1n) is 7.00. The third-order valence-electron chi connectivity index (χ3n) is 3.27. The van der Waals surface area contributed by atoms with Crippen LogP contribution >= 0.6 is 11.3 Å². The molecule has 1 aliphatic rings. The van der Waals surface area contributed by atoms with Gasteiger partial charge in [-0.1, -0.05) is 30.2 Å². The molecule has 3 rings (SSSR count). The van der Waals surface area contributed by atoms with Crippen molar-refractivity contribution in [3.05, 3.63) is 23.3 Å². The lowest BCUT2D eigenvalue weighted by atomic mass is 10.0. The average molecular weight is 320 g/mol.